The smallest absolute Gasteiger partial charge is 0.107 e. The molecule has 20 heavy (non-hydrogen) atoms. The van der Waals surface area contributed by atoms with Crippen LogP contribution in [0.15, 0.2) is 50.2 Å². The summed E-state index contributed by atoms with van der Waals surface area (Å²) in [5.74, 6) is 0. The molecule has 2 aromatic rings. The highest BCUT2D eigenvalue weighted by molar-refractivity contribution is 9.11. The molecule has 0 atom stereocenters. The summed E-state index contributed by atoms with van der Waals surface area (Å²) >= 11 is 13.9. The minimum absolute atomic E-state index is 0.389. The monoisotopic (exact) mass is 430 g/mol. The second-order valence-corrected chi connectivity index (χ2v) is 6.97. The summed E-state index contributed by atoms with van der Waals surface area (Å²) in [4.78, 5) is 1.45. The van der Waals surface area contributed by atoms with Gasteiger partial charge in [-0.3, -0.25) is 0 Å². The largest absolute Gasteiger partial charge is 0.389 e. The number of thiocarbonyl (C=S) groups is 1. The fourth-order valence-electron chi connectivity index (χ4n) is 1.81. The third kappa shape index (κ3) is 3.36. The highest BCUT2D eigenvalue weighted by Crippen LogP contribution is 2.36. The molecule has 0 aliphatic rings. The van der Waals surface area contributed by atoms with Crippen molar-refractivity contribution in [3.63, 3.8) is 0 Å². The van der Waals surface area contributed by atoms with E-state index >= 15 is 0 Å². The van der Waals surface area contributed by atoms with Crippen molar-refractivity contribution in [3.8, 4) is 0 Å². The lowest BCUT2D eigenvalue weighted by atomic mass is 10.1. The lowest BCUT2D eigenvalue weighted by molar-refractivity contribution is 1.39. The van der Waals surface area contributed by atoms with E-state index in [9.17, 15) is 0 Å². The number of halogens is 2. The molecule has 0 heterocycles. The second-order valence-electron chi connectivity index (χ2n) is 3.97. The average molecular weight is 432 g/mol. The average Bonchev–Trinajstić information content (AvgIpc) is 2.42. The van der Waals surface area contributed by atoms with Gasteiger partial charge in [-0.15, -0.1) is 11.8 Å². The molecule has 0 radical (unpaired) electrons. The Morgan fingerprint density at radius 1 is 1.15 bits per heavy atom. The van der Waals surface area contributed by atoms with E-state index in [1.807, 2.05) is 42.7 Å². The van der Waals surface area contributed by atoms with Gasteiger partial charge in [0.15, 0.2) is 0 Å². The molecule has 0 saturated heterocycles. The predicted octanol–water partition coefficient (Wildman–Crippen LogP) is 5.31. The number of hydrogen-bond donors (Lipinski definition) is 2. The van der Waals surface area contributed by atoms with Crippen molar-refractivity contribution >= 4 is 72.2 Å². The molecule has 104 valence electrons. The molecule has 0 saturated carbocycles. The van der Waals surface area contributed by atoms with Crippen LogP contribution >= 0.6 is 55.8 Å². The van der Waals surface area contributed by atoms with Crippen LogP contribution in [-0.4, -0.2) is 11.2 Å². The summed E-state index contributed by atoms with van der Waals surface area (Å²) in [6.07, 6.45) is 2.01. The Morgan fingerprint density at radius 3 is 2.30 bits per heavy atom. The van der Waals surface area contributed by atoms with E-state index in [4.69, 9.17) is 18.0 Å². The topological polar surface area (TPSA) is 38.0 Å². The van der Waals surface area contributed by atoms with Crippen LogP contribution in [0, 0.1) is 0 Å². The molecule has 6 heteroatoms. The SMILES string of the molecule is CSc1cccc(Nc2c(Br)cccc2Br)c1C(N)=S. The molecule has 0 amide bonds. The van der Waals surface area contributed by atoms with Crippen molar-refractivity contribution < 1.29 is 0 Å². The van der Waals surface area contributed by atoms with Crippen LogP contribution in [0.2, 0.25) is 0 Å². The number of nitrogens with two attached hydrogens (primary N) is 1. The van der Waals surface area contributed by atoms with E-state index < -0.39 is 0 Å². The molecule has 0 bridgehead atoms. The summed E-state index contributed by atoms with van der Waals surface area (Å²) in [6, 6.07) is 11.9. The summed E-state index contributed by atoms with van der Waals surface area (Å²) in [6.45, 7) is 0. The maximum atomic E-state index is 5.88. The zero-order valence-electron chi connectivity index (χ0n) is 10.6. The first-order valence-corrected chi connectivity index (χ1v) is 8.94. The molecule has 0 unspecified atom stereocenters. The Bertz CT molecular complexity index is 639. The second kappa shape index (κ2) is 6.93. The van der Waals surface area contributed by atoms with Crippen molar-refractivity contribution in [3.05, 3.63) is 50.9 Å². The molecule has 0 aromatic heterocycles. The van der Waals surface area contributed by atoms with Gasteiger partial charge in [-0.1, -0.05) is 24.4 Å². The molecule has 0 aliphatic heterocycles. The van der Waals surface area contributed by atoms with Gasteiger partial charge in [-0.25, -0.2) is 0 Å². The van der Waals surface area contributed by atoms with Crippen LogP contribution in [0.1, 0.15) is 5.56 Å². The first-order valence-electron chi connectivity index (χ1n) is 5.72. The zero-order valence-corrected chi connectivity index (χ0v) is 15.4. The van der Waals surface area contributed by atoms with Crippen LogP contribution in [0.5, 0.6) is 0 Å². The summed E-state index contributed by atoms with van der Waals surface area (Å²) in [5.41, 5.74) is 8.60. The van der Waals surface area contributed by atoms with E-state index in [1.54, 1.807) is 11.8 Å². The molecular weight excluding hydrogens is 420 g/mol. The Hall–Kier alpha value is -0.560. The lowest BCUT2D eigenvalue weighted by Gasteiger charge is -2.16. The van der Waals surface area contributed by atoms with Crippen LogP contribution in [0.3, 0.4) is 0 Å². The normalized spacial score (nSPS) is 10.3. The number of rotatable bonds is 4. The third-order valence-corrected chi connectivity index (χ3v) is 5.02. The number of nitrogens with one attached hydrogen (secondary N) is 1. The Balaban J connectivity index is 2.51. The lowest BCUT2D eigenvalue weighted by Crippen LogP contribution is -2.13. The van der Waals surface area contributed by atoms with Crippen molar-refractivity contribution in [1.82, 2.24) is 0 Å². The quantitative estimate of drug-likeness (QED) is 0.508. The molecule has 2 rings (SSSR count). The molecule has 3 N–H and O–H groups in total. The first kappa shape index (κ1) is 15.8. The third-order valence-electron chi connectivity index (χ3n) is 2.71. The van der Waals surface area contributed by atoms with Crippen molar-refractivity contribution in [2.45, 2.75) is 4.90 Å². The summed E-state index contributed by atoms with van der Waals surface area (Å²) in [7, 11) is 0. The van der Waals surface area contributed by atoms with Gasteiger partial charge >= 0.3 is 0 Å². The van der Waals surface area contributed by atoms with Crippen molar-refractivity contribution in [2.75, 3.05) is 11.6 Å². The van der Waals surface area contributed by atoms with Gasteiger partial charge in [0.25, 0.3) is 0 Å². The molecule has 0 spiro atoms. The maximum Gasteiger partial charge on any atom is 0.107 e. The van der Waals surface area contributed by atoms with E-state index in [1.165, 1.54) is 0 Å². The number of anilines is 2. The van der Waals surface area contributed by atoms with Gasteiger partial charge in [-0.2, -0.15) is 0 Å². The van der Waals surface area contributed by atoms with Crippen molar-refractivity contribution in [1.29, 1.82) is 0 Å². The van der Waals surface area contributed by atoms with Gasteiger partial charge < -0.3 is 11.1 Å². The zero-order chi connectivity index (χ0) is 14.7. The highest BCUT2D eigenvalue weighted by atomic mass is 79.9. The summed E-state index contributed by atoms with van der Waals surface area (Å²) in [5, 5.41) is 3.39. The van der Waals surface area contributed by atoms with Crippen LogP contribution in [0.4, 0.5) is 11.4 Å². The van der Waals surface area contributed by atoms with Gasteiger partial charge in [0.2, 0.25) is 0 Å². The standard InChI is InChI=1S/C14H12Br2N2S2/c1-20-11-7-3-6-10(12(11)14(17)19)18-13-8(15)4-2-5-9(13)16/h2-7,18H,1H3,(H2,17,19). The molecule has 2 aromatic carbocycles. The van der Waals surface area contributed by atoms with Gasteiger partial charge in [0.05, 0.1) is 5.69 Å². The van der Waals surface area contributed by atoms with Crippen LogP contribution < -0.4 is 11.1 Å². The van der Waals surface area contributed by atoms with Gasteiger partial charge in [0.1, 0.15) is 4.99 Å². The van der Waals surface area contributed by atoms with E-state index in [0.717, 1.165) is 30.8 Å². The van der Waals surface area contributed by atoms with Gasteiger partial charge in [0, 0.05) is 25.1 Å². The Morgan fingerprint density at radius 2 is 1.75 bits per heavy atom. The molecule has 0 fully saturated rings. The van der Waals surface area contributed by atoms with E-state index in [-0.39, 0.29) is 0 Å². The minimum atomic E-state index is 0.389. The molecule has 2 nitrogen and oxygen atoms in total. The first-order chi connectivity index (χ1) is 9.54. The number of thioether (sulfide) groups is 1. The van der Waals surface area contributed by atoms with Crippen LogP contribution in [-0.2, 0) is 0 Å². The Labute approximate surface area is 144 Å². The van der Waals surface area contributed by atoms with E-state index in [2.05, 4.69) is 37.2 Å². The summed E-state index contributed by atoms with van der Waals surface area (Å²) < 4.78 is 1.94. The number of hydrogen-bond acceptors (Lipinski definition) is 3. The minimum Gasteiger partial charge on any atom is -0.389 e. The fraction of sp³-hybridized carbons (Fsp3) is 0.0714. The molecular formula is C14H12Br2N2S2. The Kier molecular flexibility index (Phi) is 5.49. The molecule has 0 aliphatic carbocycles. The fourth-order valence-corrected chi connectivity index (χ4v) is 3.93. The highest BCUT2D eigenvalue weighted by Gasteiger charge is 2.13. The maximum absolute atomic E-state index is 5.88. The number of benzene rings is 2. The van der Waals surface area contributed by atoms with Gasteiger partial charge in [-0.05, 0) is 62.4 Å². The predicted molar refractivity (Wildman–Crippen MR) is 99.2 cm³/mol. The number of para-hydroxylation sites is 1. The van der Waals surface area contributed by atoms with Crippen molar-refractivity contribution in [2.24, 2.45) is 5.73 Å². The van der Waals surface area contributed by atoms with E-state index in [0.29, 0.717) is 4.99 Å². The van der Waals surface area contributed by atoms with Crippen LogP contribution in [0.25, 0.3) is 0 Å².